The lowest BCUT2D eigenvalue weighted by Gasteiger charge is -2.23. The lowest BCUT2D eigenvalue weighted by atomic mass is 10.1. The lowest BCUT2D eigenvalue weighted by Crippen LogP contribution is -2.44. The van der Waals surface area contributed by atoms with Crippen LogP contribution in [0.15, 0.2) is 53.1 Å². The van der Waals surface area contributed by atoms with Crippen molar-refractivity contribution in [3.05, 3.63) is 60.1 Å². The first-order valence-electron chi connectivity index (χ1n) is 8.53. The number of likely N-dealkylation sites (N-methyl/N-ethyl adjacent to an activating group) is 1. The van der Waals surface area contributed by atoms with Gasteiger partial charge in [-0.2, -0.15) is 0 Å². The van der Waals surface area contributed by atoms with Crippen LogP contribution in [0.2, 0.25) is 0 Å². The average Bonchev–Trinajstić information content (AvgIpc) is 3.19. The molecule has 0 radical (unpaired) electrons. The molecule has 0 aliphatic heterocycles. The molecule has 1 aromatic carbocycles. The Bertz CT molecular complexity index is 744. The van der Waals surface area contributed by atoms with Crippen molar-refractivity contribution < 1.29 is 18.8 Å². The van der Waals surface area contributed by atoms with Crippen molar-refractivity contribution in [2.24, 2.45) is 0 Å². The highest BCUT2D eigenvalue weighted by Gasteiger charge is 2.16. The molecular weight excluding hydrogens is 348 g/mol. The van der Waals surface area contributed by atoms with Crippen molar-refractivity contribution in [3.63, 3.8) is 0 Å². The van der Waals surface area contributed by atoms with Crippen LogP contribution in [0.4, 0.5) is 0 Å². The van der Waals surface area contributed by atoms with Crippen LogP contribution in [-0.2, 0) is 9.59 Å². The molecule has 8 heteroatoms. The van der Waals surface area contributed by atoms with Crippen molar-refractivity contribution in [3.8, 4) is 0 Å². The second-order valence-corrected chi connectivity index (χ2v) is 6.23. The van der Waals surface area contributed by atoms with Crippen LogP contribution < -0.4 is 16.0 Å². The van der Waals surface area contributed by atoms with Crippen LogP contribution in [0.1, 0.15) is 22.2 Å². The fourth-order valence-electron chi connectivity index (χ4n) is 2.43. The maximum Gasteiger partial charge on any atom is 0.287 e. The van der Waals surface area contributed by atoms with Gasteiger partial charge in [0.05, 0.1) is 25.4 Å². The normalized spacial score (nSPS) is 11.7. The maximum absolute atomic E-state index is 12.2. The van der Waals surface area contributed by atoms with Gasteiger partial charge in [0.1, 0.15) is 0 Å². The highest BCUT2D eigenvalue weighted by atomic mass is 16.3. The second-order valence-electron chi connectivity index (χ2n) is 6.23. The van der Waals surface area contributed by atoms with E-state index < -0.39 is 11.8 Å². The summed E-state index contributed by atoms with van der Waals surface area (Å²) in [5.74, 6) is -1.14. The predicted molar refractivity (Wildman–Crippen MR) is 99.9 cm³/mol. The molecule has 0 bridgehead atoms. The number of nitrogens with zero attached hydrogens (tertiary/aromatic N) is 1. The molecule has 0 unspecified atom stereocenters. The molecule has 0 saturated heterocycles. The summed E-state index contributed by atoms with van der Waals surface area (Å²) < 4.78 is 4.93. The summed E-state index contributed by atoms with van der Waals surface area (Å²) in [5.41, 5.74) is 0.983. The maximum atomic E-state index is 12.2. The van der Waals surface area contributed by atoms with Gasteiger partial charge in [-0.25, -0.2) is 0 Å². The van der Waals surface area contributed by atoms with Gasteiger partial charge in [0.25, 0.3) is 5.91 Å². The Morgan fingerprint density at radius 2 is 1.67 bits per heavy atom. The second kappa shape index (κ2) is 10.1. The standard InChI is InChI=1S/C19H24N4O4/c1-23(2)13-15(14-7-4-3-5-8-14)22-18(25)12-20-17(24)11-21-19(26)16-9-6-10-27-16/h3-10,15H,11-13H2,1-2H3,(H,20,24)(H,21,26)(H,22,25)/t15-/m1/s1. The van der Waals surface area contributed by atoms with Crippen molar-refractivity contribution in [1.82, 2.24) is 20.9 Å². The van der Waals surface area contributed by atoms with Gasteiger partial charge in [-0.1, -0.05) is 30.3 Å². The molecule has 144 valence electrons. The molecule has 2 rings (SSSR count). The molecule has 0 saturated carbocycles. The van der Waals surface area contributed by atoms with E-state index in [1.54, 1.807) is 6.07 Å². The minimum Gasteiger partial charge on any atom is -0.459 e. The molecule has 1 atom stereocenters. The van der Waals surface area contributed by atoms with Crippen molar-refractivity contribution in [2.45, 2.75) is 6.04 Å². The number of hydrogen-bond donors (Lipinski definition) is 3. The number of hydrogen-bond acceptors (Lipinski definition) is 5. The number of benzene rings is 1. The third-order valence-corrected chi connectivity index (χ3v) is 3.69. The summed E-state index contributed by atoms with van der Waals surface area (Å²) in [5, 5.41) is 7.81. The molecule has 1 aromatic heterocycles. The van der Waals surface area contributed by atoms with Crippen molar-refractivity contribution in [1.29, 1.82) is 0 Å². The van der Waals surface area contributed by atoms with Gasteiger partial charge in [0, 0.05) is 6.54 Å². The zero-order valence-corrected chi connectivity index (χ0v) is 15.4. The van der Waals surface area contributed by atoms with Crippen LogP contribution in [0.3, 0.4) is 0 Å². The van der Waals surface area contributed by atoms with E-state index in [-0.39, 0.29) is 30.8 Å². The number of furan rings is 1. The smallest absolute Gasteiger partial charge is 0.287 e. The fourth-order valence-corrected chi connectivity index (χ4v) is 2.43. The minimum absolute atomic E-state index is 0.120. The molecule has 0 fully saturated rings. The van der Waals surface area contributed by atoms with E-state index in [2.05, 4.69) is 16.0 Å². The Morgan fingerprint density at radius 1 is 0.963 bits per heavy atom. The number of rotatable bonds is 9. The van der Waals surface area contributed by atoms with Crippen LogP contribution >= 0.6 is 0 Å². The SMILES string of the molecule is CN(C)C[C@@H](NC(=O)CNC(=O)CNC(=O)c1ccco1)c1ccccc1. The predicted octanol–water partition coefficient (Wildman–Crippen LogP) is 0.545. The molecule has 3 amide bonds. The van der Waals surface area contributed by atoms with Crippen LogP contribution in [0.5, 0.6) is 0 Å². The van der Waals surface area contributed by atoms with Crippen molar-refractivity contribution >= 4 is 17.7 Å². The molecule has 1 heterocycles. The molecule has 3 N–H and O–H groups in total. The van der Waals surface area contributed by atoms with Gasteiger partial charge in [-0.3, -0.25) is 14.4 Å². The van der Waals surface area contributed by atoms with Gasteiger partial charge in [-0.15, -0.1) is 0 Å². The first-order valence-corrected chi connectivity index (χ1v) is 8.53. The molecule has 27 heavy (non-hydrogen) atoms. The Kier molecular flexibility index (Phi) is 7.57. The summed E-state index contributed by atoms with van der Waals surface area (Å²) in [4.78, 5) is 37.7. The monoisotopic (exact) mass is 372 g/mol. The van der Waals surface area contributed by atoms with Crippen LogP contribution in [0, 0.1) is 0 Å². The van der Waals surface area contributed by atoms with E-state index in [4.69, 9.17) is 4.42 Å². The molecule has 0 aliphatic rings. The van der Waals surface area contributed by atoms with E-state index in [0.717, 1.165) is 5.56 Å². The molecule has 8 nitrogen and oxygen atoms in total. The first-order chi connectivity index (χ1) is 13.0. The fraction of sp³-hybridized carbons (Fsp3) is 0.316. The van der Waals surface area contributed by atoms with E-state index in [1.165, 1.54) is 12.3 Å². The first kappa shape index (κ1) is 20.2. The van der Waals surface area contributed by atoms with Crippen LogP contribution in [-0.4, -0.2) is 56.4 Å². The number of nitrogens with one attached hydrogen (secondary N) is 3. The molecule has 0 spiro atoms. The Balaban J connectivity index is 1.77. The summed E-state index contributed by atoms with van der Waals surface area (Å²) in [6.45, 7) is 0.210. The largest absolute Gasteiger partial charge is 0.459 e. The highest BCUT2D eigenvalue weighted by molar-refractivity contribution is 5.94. The van der Waals surface area contributed by atoms with E-state index in [9.17, 15) is 14.4 Å². The van der Waals surface area contributed by atoms with E-state index in [0.29, 0.717) is 6.54 Å². The van der Waals surface area contributed by atoms with E-state index >= 15 is 0 Å². The topological polar surface area (TPSA) is 104 Å². The van der Waals surface area contributed by atoms with Gasteiger partial charge >= 0.3 is 0 Å². The van der Waals surface area contributed by atoms with E-state index in [1.807, 2.05) is 49.3 Å². The third kappa shape index (κ3) is 6.95. The summed E-state index contributed by atoms with van der Waals surface area (Å²) in [7, 11) is 3.84. The Labute approximate surface area is 157 Å². The van der Waals surface area contributed by atoms with Crippen molar-refractivity contribution in [2.75, 3.05) is 33.7 Å². The van der Waals surface area contributed by atoms with Gasteiger partial charge in [-0.05, 0) is 31.8 Å². The summed E-state index contributed by atoms with van der Waals surface area (Å²) >= 11 is 0. The zero-order valence-electron chi connectivity index (χ0n) is 15.4. The number of carbonyl (C=O) groups is 3. The lowest BCUT2D eigenvalue weighted by molar-refractivity contribution is -0.126. The Hall–Kier alpha value is -3.13. The number of amides is 3. The Morgan fingerprint density at radius 3 is 2.30 bits per heavy atom. The van der Waals surface area contributed by atoms with Gasteiger partial charge in [0.15, 0.2) is 5.76 Å². The molecule has 2 aromatic rings. The van der Waals surface area contributed by atoms with Crippen LogP contribution in [0.25, 0.3) is 0 Å². The molecular formula is C19H24N4O4. The summed E-state index contributed by atoms with van der Waals surface area (Å²) in [6, 6.07) is 12.5. The highest BCUT2D eigenvalue weighted by Crippen LogP contribution is 2.12. The zero-order chi connectivity index (χ0) is 19.6. The average molecular weight is 372 g/mol. The summed E-state index contributed by atoms with van der Waals surface area (Å²) in [6.07, 6.45) is 1.37. The quantitative estimate of drug-likeness (QED) is 0.596. The van der Waals surface area contributed by atoms with Gasteiger partial charge in [0.2, 0.25) is 11.8 Å². The minimum atomic E-state index is -0.491. The van der Waals surface area contributed by atoms with Gasteiger partial charge < -0.3 is 25.3 Å². The third-order valence-electron chi connectivity index (χ3n) is 3.69. The number of carbonyl (C=O) groups excluding carboxylic acids is 3. The molecule has 0 aliphatic carbocycles.